The van der Waals surface area contributed by atoms with Gasteiger partial charge >= 0.3 is 6.09 Å². The lowest BCUT2D eigenvalue weighted by Crippen LogP contribution is -2.48. The molecule has 1 aromatic heterocycles. The van der Waals surface area contributed by atoms with Crippen LogP contribution in [0.15, 0.2) is 35.3 Å². The number of anilines is 1. The van der Waals surface area contributed by atoms with Crippen molar-refractivity contribution in [2.45, 2.75) is 51.7 Å². The number of nitrogens with one attached hydrogen (secondary N) is 1. The Morgan fingerprint density at radius 2 is 1.94 bits per heavy atom. The fourth-order valence-corrected chi connectivity index (χ4v) is 5.36. The van der Waals surface area contributed by atoms with E-state index < -0.39 is 5.60 Å². The minimum atomic E-state index is -0.542. The molecular weight excluding hydrogens is 507 g/mol. The minimum absolute atomic E-state index is 0.0244. The molecule has 0 saturated carbocycles. The topological polar surface area (TPSA) is 76.5 Å². The van der Waals surface area contributed by atoms with E-state index in [1.165, 1.54) is 11.1 Å². The van der Waals surface area contributed by atoms with Crippen LogP contribution in [0.1, 0.15) is 50.8 Å². The molecule has 0 radical (unpaired) electrons. The highest BCUT2D eigenvalue weighted by atomic mass is 127. The number of nitrogens with zero attached hydrogens (tertiary/aromatic N) is 3. The van der Waals surface area contributed by atoms with E-state index in [-0.39, 0.29) is 23.1 Å². The number of alkyl carbamates (subject to hydrolysis) is 1. The monoisotopic (exact) mass is 536 g/mol. The van der Waals surface area contributed by atoms with Gasteiger partial charge in [0.1, 0.15) is 5.60 Å². The summed E-state index contributed by atoms with van der Waals surface area (Å²) >= 11 is 2.02. The summed E-state index contributed by atoms with van der Waals surface area (Å²) in [4.78, 5) is 31.7. The lowest BCUT2D eigenvalue weighted by Gasteiger charge is -2.44. The van der Waals surface area contributed by atoms with Crippen LogP contribution < -0.4 is 15.8 Å². The van der Waals surface area contributed by atoms with Crippen LogP contribution in [0.2, 0.25) is 0 Å². The third-order valence-corrected chi connectivity index (χ3v) is 7.07. The standard InChI is InChI=1S/C23H29IN4O3/c1-22(2,3)31-21(30)26-18-16-8-6-5-7-15(16)13-23(18)9-11-28(12-10-23)20-25-14-17(24)19(29)27(20)4/h5-8,14,18H,9-13H2,1-4H3,(H,26,30)/t18-/m1/s1. The van der Waals surface area contributed by atoms with Crippen LogP contribution in [0, 0.1) is 8.99 Å². The maximum atomic E-state index is 12.7. The quantitative estimate of drug-likeness (QED) is 0.592. The van der Waals surface area contributed by atoms with Gasteiger partial charge in [0.2, 0.25) is 5.95 Å². The number of carbonyl (C=O) groups is 1. The number of amides is 1. The molecule has 2 aromatic rings. The van der Waals surface area contributed by atoms with Gasteiger partial charge in [0, 0.05) is 31.7 Å². The van der Waals surface area contributed by atoms with Gasteiger partial charge in [-0.1, -0.05) is 24.3 Å². The second-order valence-electron chi connectivity index (χ2n) is 9.57. The van der Waals surface area contributed by atoms with E-state index in [0.717, 1.165) is 32.4 Å². The molecule has 1 spiro atoms. The molecule has 2 aliphatic rings. The third-order valence-electron chi connectivity index (χ3n) is 6.33. The SMILES string of the molecule is Cn1c(N2CCC3(CC2)Cc2ccccc2[C@H]3NC(=O)OC(C)(C)C)ncc(I)c1=O. The van der Waals surface area contributed by atoms with Gasteiger partial charge in [-0.05, 0) is 73.8 Å². The number of benzene rings is 1. The molecule has 1 aliphatic heterocycles. The average Bonchev–Trinajstić information content (AvgIpc) is 2.99. The maximum absolute atomic E-state index is 12.7. The van der Waals surface area contributed by atoms with Crippen LogP contribution in [-0.4, -0.2) is 34.3 Å². The van der Waals surface area contributed by atoms with Crippen molar-refractivity contribution in [1.82, 2.24) is 14.9 Å². The fraction of sp³-hybridized carbons (Fsp3) is 0.522. The number of piperidine rings is 1. The van der Waals surface area contributed by atoms with Crippen molar-refractivity contribution < 1.29 is 9.53 Å². The smallest absolute Gasteiger partial charge is 0.408 e. The van der Waals surface area contributed by atoms with Gasteiger partial charge < -0.3 is 15.0 Å². The van der Waals surface area contributed by atoms with Gasteiger partial charge in [0.15, 0.2) is 0 Å². The van der Waals surface area contributed by atoms with Crippen LogP contribution in [0.3, 0.4) is 0 Å². The third kappa shape index (κ3) is 4.31. The molecular formula is C23H29IN4O3. The van der Waals surface area contributed by atoms with E-state index in [0.29, 0.717) is 9.52 Å². The van der Waals surface area contributed by atoms with Gasteiger partial charge in [-0.25, -0.2) is 9.78 Å². The van der Waals surface area contributed by atoms with Crippen molar-refractivity contribution in [3.8, 4) is 0 Å². The number of hydrogen-bond donors (Lipinski definition) is 1. The highest BCUT2D eigenvalue weighted by molar-refractivity contribution is 14.1. The Bertz CT molecular complexity index is 1050. The summed E-state index contributed by atoms with van der Waals surface area (Å²) in [6.45, 7) is 7.19. The molecule has 0 bridgehead atoms. The first-order valence-corrected chi connectivity index (χ1v) is 11.7. The van der Waals surface area contributed by atoms with Crippen molar-refractivity contribution in [1.29, 1.82) is 0 Å². The molecule has 0 unspecified atom stereocenters. The van der Waals surface area contributed by atoms with E-state index in [9.17, 15) is 9.59 Å². The van der Waals surface area contributed by atoms with E-state index in [1.54, 1.807) is 17.8 Å². The Kier molecular flexibility index (Phi) is 5.78. The van der Waals surface area contributed by atoms with Gasteiger partial charge in [-0.3, -0.25) is 9.36 Å². The number of ether oxygens (including phenoxy) is 1. The van der Waals surface area contributed by atoms with Gasteiger partial charge in [0.25, 0.3) is 5.56 Å². The Hall–Kier alpha value is -2.10. The van der Waals surface area contributed by atoms with Gasteiger partial charge in [-0.15, -0.1) is 0 Å². The largest absolute Gasteiger partial charge is 0.444 e. The fourth-order valence-electron chi connectivity index (χ4n) is 4.86. The Balaban J connectivity index is 1.57. The molecule has 1 N–H and O–H groups in total. The zero-order valence-electron chi connectivity index (χ0n) is 18.4. The zero-order chi connectivity index (χ0) is 22.4. The molecule has 7 nitrogen and oxygen atoms in total. The minimum Gasteiger partial charge on any atom is -0.444 e. The lowest BCUT2D eigenvalue weighted by atomic mass is 9.73. The normalized spacial score (nSPS) is 19.9. The number of hydrogen-bond acceptors (Lipinski definition) is 5. The Morgan fingerprint density at radius 3 is 2.61 bits per heavy atom. The number of aromatic nitrogens is 2. The second kappa shape index (κ2) is 8.11. The van der Waals surface area contributed by atoms with E-state index in [4.69, 9.17) is 4.74 Å². The number of rotatable bonds is 2. The molecule has 1 saturated heterocycles. The molecule has 31 heavy (non-hydrogen) atoms. The maximum Gasteiger partial charge on any atom is 0.408 e. The highest BCUT2D eigenvalue weighted by Gasteiger charge is 2.49. The lowest BCUT2D eigenvalue weighted by molar-refractivity contribution is 0.0427. The zero-order valence-corrected chi connectivity index (χ0v) is 20.6. The molecule has 1 aromatic carbocycles. The molecule has 1 aliphatic carbocycles. The second-order valence-corrected chi connectivity index (χ2v) is 10.7. The first-order chi connectivity index (χ1) is 14.6. The van der Waals surface area contributed by atoms with Crippen molar-refractivity contribution in [3.05, 3.63) is 55.5 Å². The Morgan fingerprint density at radius 1 is 1.26 bits per heavy atom. The molecule has 1 amide bonds. The summed E-state index contributed by atoms with van der Waals surface area (Å²) in [6.07, 6.45) is 3.98. The van der Waals surface area contributed by atoms with Crippen molar-refractivity contribution in [2.75, 3.05) is 18.0 Å². The van der Waals surface area contributed by atoms with Gasteiger partial charge in [0.05, 0.1) is 9.61 Å². The molecule has 1 atom stereocenters. The molecule has 8 heteroatoms. The first kappa shape index (κ1) is 22.1. The van der Waals surface area contributed by atoms with E-state index in [1.807, 2.05) is 49.4 Å². The summed E-state index contributed by atoms with van der Waals surface area (Å²) in [5, 5.41) is 3.18. The van der Waals surface area contributed by atoms with Crippen LogP contribution in [0.4, 0.5) is 10.7 Å². The van der Waals surface area contributed by atoms with Crippen molar-refractivity contribution in [3.63, 3.8) is 0 Å². The van der Waals surface area contributed by atoms with Crippen LogP contribution >= 0.6 is 22.6 Å². The number of carbonyl (C=O) groups excluding carboxylic acids is 1. The molecule has 166 valence electrons. The Labute approximate surface area is 196 Å². The first-order valence-electron chi connectivity index (χ1n) is 10.6. The molecule has 2 heterocycles. The highest BCUT2D eigenvalue weighted by Crippen LogP contribution is 2.52. The number of halogens is 1. The molecule has 4 rings (SSSR count). The van der Waals surface area contributed by atoms with Crippen molar-refractivity contribution >= 4 is 34.6 Å². The summed E-state index contributed by atoms with van der Waals surface area (Å²) in [5.74, 6) is 0.701. The van der Waals surface area contributed by atoms with E-state index in [2.05, 4.69) is 33.4 Å². The average molecular weight is 536 g/mol. The van der Waals surface area contributed by atoms with Gasteiger partial charge in [-0.2, -0.15) is 0 Å². The van der Waals surface area contributed by atoms with Crippen LogP contribution in [-0.2, 0) is 18.2 Å². The summed E-state index contributed by atoms with van der Waals surface area (Å²) in [7, 11) is 1.77. The predicted molar refractivity (Wildman–Crippen MR) is 128 cm³/mol. The summed E-state index contributed by atoms with van der Waals surface area (Å²) in [6, 6.07) is 8.27. The summed E-state index contributed by atoms with van der Waals surface area (Å²) in [5.41, 5.74) is 1.83. The summed E-state index contributed by atoms with van der Waals surface area (Å²) < 4.78 is 7.81. The van der Waals surface area contributed by atoms with E-state index >= 15 is 0 Å². The number of fused-ring (bicyclic) bond motifs is 1. The van der Waals surface area contributed by atoms with Crippen LogP contribution in [0.25, 0.3) is 0 Å². The van der Waals surface area contributed by atoms with Crippen LogP contribution in [0.5, 0.6) is 0 Å². The predicted octanol–water partition coefficient (Wildman–Crippen LogP) is 3.79. The van der Waals surface area contributed by atoms with Crippen molar-refractivity contribution in [2.24, 2.45) is 12.5 Å². The molecule has 1 fully saturated rings.